The Morgan fingerprint density at radius 3 is 3.09 bits per heavy atom. The quantitative estimate of drug-likeness (QED) is 0.933. The molecule has 2 aliphatic rings. The average molecular weight is 313 g/mol. The highest BCUT2D eigenvalue weighted by Crippen LogP contribution is 2.42. The van der Waals surface area contributed by atoms with E-state index in [9.17, 15) is 5.11 Å². The third-order valence-electron chi connectivity index (χ3n) is 5.35. The smallest absolute Gasteiger partial charge is 0.0648 e. The number of fused-ring (bicyclic) bond motifs is 1. The van der Waals surface area contributed by atoms with Gasteiger partial charge in [-0.2, -0.15) is 5.10 Å². The topological polar surface area (TPSA) is 50.5 Å². The van der Waals surface area contributed by atoms with Crippen LogP contribution in [0.5, 0.6) is 0 Å². The van der Waals surface area contributed by atoms with E-state index in [1.165, 1.54) is 5.56 Å². The standard InChI is InChI=1S/C18H23N3O2/c22-14-18-5-8-23-12-16(18)11-20(13-18)10-15-3-1-4-17(9-15)21-7-2-6-19-21/h1-4,6-7,9,16,22H,5,8,10-14H2/t16-,18-/m1/s1. The van der Waals surface area contributed by atoms with E-state index in [1.807, 2.05) is 16.9 Å². The molecule has 1 N–H and O–H groups in total. The third kappa shape index (κ3) is 2.80. The molecule has 3 heterocycles. The first-order chi connectivity index (χ1) is 11.3. The molecular formula is C18H23N3O2. The van der Waals surface area contributed by atoms with Gasteiger partial charge in [-0.25, -0.2) is 4.68 Å². The van der Waals surface area contributed by atoms with Crippen molar-refractivity contribution in [3.05, 3.63) is 48.3 Å². The van der Waals surface area contributed by atoms with Gasteiger partial charge in [0.05, 0.1) is 18.9 Å². The largest absolute Gasteiger partial charge is 0.396 e. The fraction of sp³-hybridized carbons (Fsp3) is 0.500. The lowest BCUT2D eigenvalue weighted by molar-refractivity contribution is -0.0417. The van der Waals surface area contributed by atoms with E-state index < -0.39 is 0 Å². The van der Waals surface area contributed by atoms with E-state index in [2.05, 4.69) is 34.3 Å². The fourth-order valence-electron chi connectivity index (χ4n) is 4.01. The minimum atomic E-state index is 0.0395. The van der Waals surface area contributed by atoms with Crippen LogP contribution >= 0.6 is 0 Å². The molecular weight excluding hydrogens is 290 g/mol. The Labute approximate surface area is 136 Å². The van der Waals surface area contributed by atoms with Crippen molar-refractivity contribution in [2.75, 3.05) is 32.9 Å². The highest BCUT2D eigenvalue weighted by molar-refractivity contribution is 5.35. The van der Waals surface area contributed by atoms with Crippen LogP contribution < -0.4 is 0 Å². The maximum absolute atomic E-state index is 9.91. The number of aliphatic hydroxyl groups excluding tert-OH is 1. The molecule has 2 aliphatic heterocycles. The minimum Gasteiger partial charge on any atom is -0.396 e. The number of rotatable bonds is 4. The molecule has 0 saturated carbocycles. The maximum Gasteiger partial charge on any atom is 0.0648 e. The summed E-state index contributed by atoms with van der Waals surface area (Å²) in [6.45, 7) is 4.71. The summed E-state index contributed by atoms with van der Waals surface area (Å²) in [7, 11) is 0. The molecule has 2 atom stereocenters. The van der Waals surface area contributed by atoms with Gasteiger partial charge in [0.25, 0.3) is 0 Å². The van der Waals surface area contributed by atoms with Crippen molar-refractivity contribution in [1.29, 1.82) is 0 Å². The SMILES string of the molecule is OC[C@]12CCOC[C@H]1CN(Cc1cccc(-n3cccn3)c1)C2. The van der Waals surface area contributed by atoms with Crippen molar-refractivity contribution in [1.82, 2.24) is 14.7 Å². The lowest BCUT2D eigenvalue weighted by atomic mass is 9.75. The normalized spacial score (nSPS) is 28.0. The van der Waals surface area contributed by atoms with Crippen molar-refractivity contribution in [3.8, 4) is 5.69 Å². The molecule has 0 aliphatic carbocycles. The van der Waals surface area contributed by atoms with Crippen LogP contribution in [0.1, 0.15) is 12.0 Å². The summed E-state index contributed by atoms with van der Waals surface area (Å²) in [4.78, 5) is 2.46. The summed E-state index contributed by atoms with van der Waals surface area (Å²) in [6.07, 6.45) is 4.72. The Bertz CT molecular complexity index is 658. The maximum atomic E-state index is 9.91. The second kappa shape index (κ2) is 6.07. The van der Waals surface area contributed by atoms with Crippen LogP contribution in [-0.2, 0) is 11.3 Å². The summed E-state index contributed by atoms with van der Waals surface area (Å²) in [6, 6.07) is 10.4. The summed E-state index contributed by atoms with van der Waals surface area (Å²) in [5.41, 5.74) is 2.41. The van der Waals surface area contributed by atoms with Gasteiger partial charge in [-0.3, -0.25) is 4.90 Å². The zero-order valence-electron chi connectivity index (χ0n) is 13.3. The molecule has 2 fully saturated rings. The van der Waals surface area contributed by atoms with Crippen molar-refractivity contribution in [3.63, 3.8) is 0 Å². The molecule has 5 nitrogen and oxygen atoms in total. The number of aromatic nitrogens is 2. The van der Waals surface area contributed by atoms with Crippen LogP contribution in [0.15, 0.2) is 42.7 Å². The zero-order chi connectivity index (χ0) is 15.7. The highest BCUT2D eigenvalue weighted by atomic mass is 16.5. The van der Waals surface area contributed by atoms with E-state index in [-0.39, 0.29) is 12.0 Å². The first kappa shape index (κ1) is 14.9. The van der Waals surface area contributed by atoms with E-state index in [4.69, 9.17) is 4.74 Å². The zero-order valence-corrected chi connectivity index (χ0v) is 13.3. The summed E-state index contributed by atoms with van der Waals surface area (Å²) < 4.78 is 7.51. The molecule has 0 spiro atoms. The Balaban J connectivity index is 1.50. The predicted octanol–water partition coefficient (Wildman–Crippen LogP) is 1.70. The Kier molecular flexibility index (Phi) is 3.93. The van der Waals surface area contributed by atoms with Gasteiger partial charge in [0.1, 0.15) is 0 Å². The van der Waals surface area contributed by atoms with E-state index in [0.29, 0.717) is 5.92 Å². The minimum absolute atomic E-state index is 0.0395. The van der Waals surface area contributed by atoms with E-state index in [0.717, 1.165) is 45.0 Å². The molecule has 1 aromatic heterocycles. The van der Waals surface area contributed by atoms with Crippen molar-refractivity contribution in [2.45, 2.75) is 13.0 Å². The van der Waals surface area contributed by atoms with E-state index in [1.54, 1.807) is 6.20 Å². The molecule has 122 valence electrons. The number of ether oxygens (including phenoxy) is 1. The van der Waals surface area contributed by atoms with Crippen molar-refractivity contribution in [2.24, 2.45) is 11.3 Å². The van der Waals surface area contributed by atoms with Gasteiger partial charge in [0.15, 0.2) is 0 Å². The first-order valence-corrected chi connectivity index (χ1v) is 8.29. The Morgan fingerprint density at radius 2 is 2.30 bits per heavy atom. The summed E-state index contributed by atoms with van der Waals surface area (Å²) in [5.74, 6) is 0.454. The van der Waals surface area contributed by atoms with Gasteiger partial charge in [0, 0.05) is 50.0 Å². The van der Waals surface area contributed by atoms with Crippen LogP contribution in [0.2, 0.25) is 0 Å². The molecule has 0 radical (unpaired) electrons. The molecule has 4 rings (SSSR count). The fourth-order valence-corrected chi connectivity index (χ4v) is 4.01. The Morgan fingerprint density at radius 1 is 1.35 bits per heavy atom. The highest BCUT2D eigenvalue weighted by Gasteiger charge is 2.47. The second-order valence-electron chi connectivity index (χ2n) is 6.83. The van der Waals surface area contributed by atoms with Crippen LogP contribution in [0.25, 0.3) is 5.69 Å². The average Bonchev–Trinajstić information content (AvgIpc) is 3.23. The van der Waals surface area contributed by atoms with E-state index >= 15 is 0 Å². The van der Waals surface area contributed by atoms with Gasteiger partial charge >= 0.3 is 0 Å². The van der Waals surface area contributed by atoms with Gasteiger partial charge in [0.2, 0.25) is 0 Å². The number of hydrogen-bond acceptors (Lipinski definition) is 4. The van der Waals surface area contributed by atoms with Crippen molar-refractivity contribution < 1.29 is 9.84 Å². The number of likely N-dealkylation sites (tertiary alicyclic amines) is 1. The number of aliphatic hydroxyl groups is 1. The van der Waals surface area contributed by atoms with Gasteiger partial charge in [-0.1, -0.05) is 12.1 Å². The lowest BCUT2D eigenvalue weighted by Gasteiger charge is -2.36. The molecule has 0 bridgehead atoms. The van der Waals surface area contributed by atoms with Crippen LogP contribution in [0.3, 0.4) is 0 Å². The molecule has 5 heteroatoms. The molecule has 0 unspecified atom stereocenters. The molecule has 2 aromatic rings. The number of nitrogens with zero attached hydrogens (tertiary/aromatic N) is 3. The van der Waals surface area contributed by atoms with Crippen LogP contribution in [0.4, 0.5) is 0 Å². The Hall–Kier alpha value is -1.69. The molecule has 1 aromatic carbocycles. The lowest BCUT2D eigenvalue weighted by Crippen LogP contribution is -2.41. The predicted molar refractivity (Wildman–Crippen MR) is 87.3 cm³/mol. The van der Waals surface area contributed by atoms with Crippen LogP contribution in [0, 0.1) is 11.3 Å². The summed E-state index contributed by atoms with van der Waals surface area (Å²) >= 11 is 0. The third-order valence-corrected chi connectivity index (χ3v) is 5.35. The van der Waals surface area contributed by atoms with Crippen molar-refractivity contribution >= 4 is 0 Å². The molecule has 0 amide bonds. The van der Waals surface area contributed by atoms with Gasteiger partial charge < -0.3 is 9.84 Å². The van der Waals surface area contributed by atoms with Crippen LogP contribution in [-0.4, -0.2) is 52.7 Å². The monoisotopic (exact) mass is 313 g/mol. The molecule has 23 heavy (non-hydrogen) atoms. The first-order valence-electron chi connectivity index (χ1n) is 8.29. The van der Waals surface area contributed by atoms with Gasteiger partial charge in [-0.05, 0) is 30.2 Å². The molecule has 2 saturated heterocycles. The van der Waals surface area contributed by atoms with Gasteiger partial charge in [-0.15, -0.1) is 0 Å². The number of hydrogen-bond donors (Lipinski definition) is 1. The number of benzene rings is 1. The second-order valence-corrected chi connectivity index (χ2v) is 6.83. The summed E-state index contributed by atoms with van der Waals surface area (Å²) in [5, 5.41) is 14.2.